The van der Waals surface area contributed by atoms with Crippen LogP contribution in [0, 0.1) is 0 Å². The van der Waals surface area contributed by atoms with E-state index in [9.17, 15) is 0 Å². The summed E-state index contributed by atoms with van der Waals surface area (Å²) < 4.78 is 5.86. The van der Waals surface area contributed by atoms with Gasteiger partial charge in [0.05, 0.1) is 12.7 Å². The largest absolute Gasteiger partial charge is 0.443 e. The summed E-state index contributed by atoms with van der Waals surface area (Å²) in [5, 5.41) is 4.16. The third-order valence-corrected chi connectivity index (χ3v) is 5.15. The standard InChI is InChI=1S/C21H30ClN5O/c1-21(2,3)18-13-24-19(28-18)14-25-20(23-4)27-11-9-26(10-12-27)15-16-5-7-17(22)8-6-16/h5-8,13H,9-12,14-15H2,1-4H3,(H,23,25). The van der Waals surface area contributed by atoms with Crippen molar-refractivity contribution in [2.24, 2.45) is 4.99 Å². The maximum Gasteiger partial charge on any atom is 0.213 e. The molecule has 1 aromatic heterocycles. The number of halogens is 1. The summed E-state index contributed by atoms with van der Waals surface area (Å²) in [5.41, 5.74) is 1.26. The molecule has 0 saturated carbocycles. The summed E-state index contributed by atoms with van der Waals surface area (Å²) in [6.07, 6.45) is 1.81. The van der Waals surface area contributed by atoms with Crippen molar-refractivity contribution in [1.29, 1.82) is 0 Å². The van der Waals surface area contributed by atoms with Gasteiger partial charge in [-0.1, -0.05) is 44.5 Å². The summed E-state index contributed by atoms with van der Waals surface area (Å²) in [7, 11) is 1.82. The third kappa shape index (κ3) is 5.49. The lowest BCUT2D eigenvalue weighted by atomic mass is 9.94. The van der Waals surface area contributed by atoms with Gasteiger partial charge in [0.25, 0.3) is 0 Å². The van der Waals surface area contributed by atoms with Gasteiger partial charge in [-0.25, -0.2) is 4.98 Å². The lowest BCUT2D eigenvalue weighted by molar-refractivity contribution is 0.172. The number of aromatic nitrogens is 1. The minimum Gasteiger partial charge on any atom is -0.443 e. The number of benzene rings is 1. The van der Waals surface area contributed by atoms with Gasteiger partial charge in [0, 0.05) is 50.2 Å². The Hall–Kier alpha value is -2.05. The predicted octanol–water partition coefficient (Wildman–Crippen LogP) is 3.52. The zero-order valence-corrected chi connectivity index (χ0v) is 18.0. The first-order valence-corrected chi connectivity index (χ1v) is 10.1. The zero-order valence-electron chi connectivity index (χ0n) is 17.2. The summed E-state index contributed by atoms with van der Waals surface area (Å²) in [6.45, 7) is 11.7. The van der Waals surface area contributed by atoms with Crippen molar-refractivity contribution < 1.29 is 4.42 Å². The van der Waals surface area contributed by atoms with Crippen LogP contribution in [0.3, 0.4) is 0 Å². The van der Waals surface area contributed by atoms with Gasteiger partial charge in [-0.3, -0.25) is 9.89 Å². The Morgan fingerprint density at radius 3 is 2.43 bits per heavy atom. The fourth-order valence-electron chi connectivity index (χ4n) is 3.19. The molecular weight excluding hydrogens is 374 g/mol. The van der Waals surface area contributed by atoms with Crippen molar-refractivity contribution in [2.45, 2.75) is 39.3 Å². The highest BCUT2D eigenvalue weighted by atomic mass is 35.5. The fraction of sp³-hybridized carbons (Fsp3) is 0.524. The van der Waals surface area contributed by atoms with Gasteiger partial charge in [-0.2, -0.15) is 0 Å². The number of guanidine groups is 1. The smallest absolute Gasteiger partial charge is 0.213 e. The first-order chi connectivity index (χ1) is 13.3. The van der Waals surface area contributed by atoms with E-state index in [0.717, 1.165) is 49.5 Å². The molecule has 2 aromatic rings. The Morgan fingerprint density at radius 2 is 1.86 bits per heavy atom. The molecule has 0 spiro atoms. The maximum absolute atomic E-state index is 5.97. The summed E-state index contributed by atoms with van der Waals surface area (Å²) >= 11 is 5.97. The van der Waals surface area contributed by atoms with Gasteiger partial charge in [0.2, 0.25) is 5.89 Å². The quantitative estimate of drug-likeness (QED) is 0.625. The first-order valence-electron chi connectivity index (χ1n) is 9.73. The number of oxazole rings is 1. The van der Waals surface area contributed by atoms with E-state index >= 15 is 0 Å². The van der Waals surface area contributed by atoms with Crippen molar-refractivity contribution in [3.05, 3.63) is 52.7 Å². The average Bonchev–Trinajstić information content (AvgIpc) is 3.15. The molecule has 28 heavy (non-hydrogen) atoms. The van der Waals surface area contributed by atoms with E-state index in [-0.39, 0.29) is 5.41 Å². The molecule has 1 aliphatic heterocycles. The molecule has 1 fully saturated rings. The molecule has 0 unspecified atom stereocenters. The third-order valence-electron chi connectivity index (χ3n) is 4.89. The van der Waals surface area contributed by atoms with Gasteiger partial charge in [-0.05, 0) is 17.7 Å². The van der Waals surface area contributed by atoms with Crippen LogP contribution in [0.15, 0.2) is 39.9 Å². The fourth-order valence-corrected chi connectivity index (χ4v) is 3.32. The van der Waals surface area contributed by atoms with Crippen molar-refractivity contribution in [1.82, 2.24) is 20.1 Å². The second-order valence-electron chi connectivity index (χ2n) is 8.16. The van der Waals surface area contributed by atoms with Gasteiger partial charge in [0.15, 0.2) is 5.96 Å². The molecule has 0 aliphatic carbocycles. The number of aliphatic imine (C=N–C) groups is 1. The number of rotatable bonds is 4. The second kappa shape index (κ2) is 8.97. The van der Waals surface area contributed by atoms with E-state index in [1.807, 2.05) is 25.4 Å². The number of nitrogens with one attached hydrogen (secondary N) is 1. The van der Waals surface area contributed by atoms with Crippen LogP contribution in [0.2, 0.25) is 5.02 Å². The summed E-state index contributed by atoms with van der Waals surface area (Å²) in [5.74, 6) is 2.48. The molecule has 0 bridgehead atoms. The Morgan fingerprint density at radius 1 is 1.18 bits per heavy atom. The van der Waals surface area contributed by atoms with Crippen LogP contribution in [0.1, 0.15) is 38.0 Å². The van der Waals surface area contributed by atoms with Crippen LogP contribution in [0.4, 0.5) is 0 Å². The number of nitrogens with zero attached hydrogens (tertiary/aromatic N) is 4. The highest BCUT2D eigenvalue weighted by molar-refractivity contribution is 6.30. The highest BCUT2D eigenvalue weighted by Crippen LogP contribution is 2.22. The number of piperazine rings is 1. The van der Waals surface area contributed by atoms with E-state index in [2.05, 4.69) is 58.0 Å². The summed E-state index contributed by atoms with van der Waals surface area (Å²) in [4.78, 5) is 13.5. The van der Waals surface area contributed by atoms with Crippen LogP contribution >= 0.6 is 11.6 Å². The van der Waals surface area contributed by atoms with Gasteiger partial charge in [0.1, 0.15) is 5.76 Å². The van der Waals surface area contributed by atoms with Gasteiger partial charge in [-0.15, -0.1) is 0 Å². The zero-order chi connectivity index (χ0) is 20.1. The molecule has 0 amide bonds. The van der Waals surface area contributed by atoms with Crippen molar-refractivity contribution in [3.8, 4) is 0 Å². The van der Waals surface area contributed by atoms with Crippen molar-refractivity contribution >= 4 is 17.6 Å². The Balaban J connectivity index is 1.48. The lowest BCUT2D eigenvalue weighted by Gasteiger charge is -2.36. The minimum atomic E-state index is -0.0344. The number of hydrogen-bond donors (Lipinski definition) is 1. The second-order valence-corrected chi connectivity index (χ2v) is 8.60. The lowest BCUT2D eigenvalue weighted by Crippen LogP contribution is -2.52. The van der Waals surface area contributed by atoms with E-state index in [0.29, 0.717) is 12.4 Å². The Kier molecular flexibility index (Phi) is 6.62. The Bertz CT molecular complexity index is 786. The van der Waals surface area contributed by atoms with E-state index in [1.54, 1.807) is 0 Å². The molecule has 1 aliphatic rings. The van der Waals surface area contributed by atoms with E-state index in [1.165, 1.54) is 5.56 Å². The molecule has 2 heterocycles. The molecule has 7 heteroatoms. The topological polar surface area (TPSA) is 56.9 Å². The highest BCUT2D eigenvalue weighted by Gasteiger charge is 2.21. The SMILES string of the molecule is CN=C(NCc1ncc(C(C)(C)C)o1)N1CCN(Cc2ccc(Cl)cc2)CC1. The van der Waals surface area contributed by atoms with E-state index < -0.39 is 0 Å². The molecule has 6 nitrogen and oxygen atoms in total. The minimum absolute atomic E-state index is 0.0344. The molecular formula is C21H30ClN5O. The van der Waals surface area contributed by atoms with Crippen LogP contribution in [-0.2, 0) is 18.5 Å². The molecule has 1 N–H and O–H groups in total. The van der Waals surface area contributed by atoms with Gasteiger partial charge < -0.3 is 14.6 Å². The predicted molar refractivity (Wildman–Crippen MR) is 114 cm³/mol. The van der Waals surface area contributed by atoms with Crippen LogP contribution in [0.5, 0.6) is 0 Å². The van der Waals surface area contributed by atoms with E-state index in [4.69, 9.17) is 16.0 Å². The van der Waals surface area contributed by atoms with Crippen molar-refractivity contribution in [3.63, 3.8) is 0 Å². The molecule has 152 valence electrons. The summed E-state index contributed by atoms with van der Waals surface area (Å²) in [6, 6.07) is 8.09. The maximum atomic E-state index is 5.97. The molecule has 0 radical (unpaired) electrons. The molecule has 1 saturated heterocycles. The van der Waals surface area contributed by atoms with Crippen LogP contribution in [0.25, 0.3) is 0 Å². The average molecular weight is 404 g/mol. The van der Waals surface area contributed by atoms with Crippen LogP contribution in [-0.4, -0.2) is 54.0 Å². The monoisotopic (exact) mass is 403 g/mol. The van der Waals surface area contributed by atoms with Crippen LogP contribution < -0.4 is 5.32 Å². The molecule has 0 atom stereocenters. The molecule has 3 rings (SSSR count). The van der Waals surface area contributed by atoms with Crippen molar-refractivity contribution in [2.75, 3.05) is 33.2 Å². The van der Waals surface area contributed by atoms with Gasteiger partial charge >= 0.3 is 0 Å². The Labute approximate surface area is 172 Å². The first kappa shape index (κ1) is 20.7. The number of hydrogen-bond acceptors (Lipinski definition) is 4. The molecule has 1 aromatic carbocycles. The normalized spacial score (nSPS) is 16.5.